The Morgan fingerprint density at radius 1 is 1.21 bits per heavy atom. The van der Waals surface area contributed by atoms with E-state index >= 15 is 0 Å². The summed E-state index contributed by atoms with van der Waals surface area (Å²) in [6.45, 7) is 8.86. The average Bonchev–Trinajstić information content (AvgIpc) is 2.36. The van der Waals surface area contributed by atoms with Gasteiger partial charge in [0.05, 0.1) is 0 Å². The maximum atomic E-state index is 4.29. The Hall–Kier alpha value is -0.460. The van der Waals surface area contributed by atoms with Gasteiger partial charge in [-0.1, -0.05) is 20.4 Å². The molecule has 2 bridgehead atoms. The predicted octanol–water partition coefficient (Wildman–Crippen LogP) is 3.56. The van der Waals surface area contributed by atoms with Gasteiger partial charge in [0.15, 0.2) is 0 Å². The molecule has 2 aliphatic heterocycles. The van der Waals surface area contributed by atoms with Gasteiger partial charge >= 0.3 is 0 Å². The van der Waals surface area contributed by atoms with Crippen LogP contribution in [0.4, 0.5) is 0 Å². The van der Waals surface area contributed by atoms with E-state index < -0.39 is 0 Å². The molecule has 2 fully saturated rings. The smallest absolute Gasteiger partial charge is 0.0290 e. The largest absolute Gasteiger partial charge is 0.369 e. The maximum absolute atomic E-state index is 4.29. The minimum absolute atomic E-state index is 0.754. The van der Waals surface area contributed by atoms with Crippen LogP contribution in [0.1, 0.15) is 52.4 Å². The van der Waals surface area contributed by atoms with E-state index in [9.17, 15) is 0 Å². The van der Waals surface area contributed by atoms with Gasteiger partial charge in [-0.25, -0.2) is 0 Å². The van der Waals surface area contributed by atoms with Crippen molar-refractivity contribution in [3.05, 3.63) is 12.3 Å². The number of fused-ring (bicyclic) bond motifs is 2. The third-order valence-corrected chi connectivity index (χ3v) is 3.70. The molecular weight excluding hydrogens is 170 g/mol. The Bertz CT molecular complexity index is 203. The molecule has 2 saturated heterocycles. The van der Waals surface area contributed by atoms with E-state index in [1.807, 2.05) is 0 Å². The molecule has 0 radical (unpaired) electrons. The van der Waals surface area contributed by atoms with Gasteiger partial charge in [-0.2, -0.15) is 0 Å². The highest BCUT2D eigenvalue weighted by Crippen LogP contribution is 2.38. The van der Waals surface area contributed by atoms with Crippen LogP contribution >= 0.6 is 0 Å². The van der Waals surface area contributed by atoms with Crippen molar-refractivity contribution in [1.29, 1.82) is 0 Å². The van der Waals surface area contributed by atoms with Crippen LogP contribution in [-0.4, -0.2) is 17.0 Å². The maximum Gasteiger partial charge on any atom is 0.0290 e. The van der Waals surface area contributed by atoms with Crippen molar-refractivity contribution in [2.75, 3.05) is 0 Å². The first-order valence-corrected chi connectivity index (χ1v) is 6.14. The van der Waals surface area contributed by atoms with E-state index in [-0.39, 0.29) is 0 Å². The number of nitrogens with zero attached hydrogens (tertiary/aromatic N) is 1. The Balaban J connectivity index is 2.00. The first kappa shape index (κ1) is 10.1. The fourth-order valence-corrected chi connectivity index (χ4v) is 3.21. The van der Waals surface area contributed by atoms with Crippen molar-refractivity contribution in [2.45, 2.75) is 64.5 Å². The standard InChI is InChI=1S/C13H23N/c1-10(2)9-11(3)14-12-5-4-6-13(14)8-7-12/h10,12-13H,3-9H2,1-2H3. The molecule has 14 heavy (non-hydrogen) atoms. The van der Waals surface area contributed by atoms with E-state index in [4.69, 9.17) is 0 Å². The highest BCUT2D eigenvalue weighted by Gasteiger charge is 2.36. The van der Waals surface area contributed by atoms with E-state index in [0.717, 1.165) is 18.0 Å². The van der Waals surface area contributed by atoms with Crippen molar-refractivity contribution >= 4 is 0 Å². The monoisotopic (exact) mass is 193 g/mol. The van der Waals surface area contributed by atoms with Crippen LogP contribution in [0.15, 0.2) is 12.3 Å². The lowest BCUT2D eigenvalue weighted by molar-refractivity contribution is 0.178. The molecule has 2 unspecified atom stereocenters. The molecule has 2 atom stereocenters. The van der Waals surface area contributed by atoms with Gasteiger partial charge in [-0.15, -0.1) is 0 Å². The molecule has 0 aliphatic carbocycles. The summed E-state index contributed by atoms with van der Waals surface area (Å²) < 4.78 is 0. The number of piperidine rings is 1. The number of hydrogen-bond donors (Lipinski definition) is 0. The highest BCUT2D eigenvalue weighted by molar-refractivity contribution is 5.06. The summed E-state index contributed by atoms with van der Waals surface area (Å²) in [5.41, 5.74) is 1.41. The first-order chi connectivity index (χ1) is 6.68. The fourth-order valence-electron chi connectivity index (χ4n) is 3.21. The molecule has 1 heteroatoms. The molecule has 0 aromatic rings. The second-order valence-electron chi connectivity index (χ2n) is 5.39. The fraction of sp³-hybridized carbons (Fsp3) is 0.846. The molecule has 0 aromatic carbocycles. The van der Waals surface area contributed by atoms with E-state index in [1.54, 1.807) is 0 Å². The summed E-state index contributed by atoms with van der Waals surface area (Å²) in [6, 6.07) is 1.69. The molecule has 2 rings (SSSR count). The third-order valence-electron chi connectivity index (χ3n) is 3.70. The predicted molar refractivity (Wildman–Crippen MR) is 61.1 cm³/mol. The third kappa shape index (κ3) is 1.82. The van der Waals surface area contributed by atoms with Crippen molar-refractivity contribution in [3.63, 3.8) is 0 Å². The molecular formula is C13H23N. The average molecular weight is 193 g/mol. The minimum Gasteiger partial charge on any atom is -0.369 e. The van der Waals surface area contributed by atoms with Crippen LogP contribution in [0.5, 0.6) is 0 Å². The molecule has 0 aromatic heterocycles. The molecule has 0 N–H and O–H groups in total. The van der Waals surface area contributed by atoms with Crippen LogP contribution in [0.25, 0.3) is 0 Å². The zero-order valence-corrected chi connectivity index (χ0v) is 9.63. The Kier molecular flexibility index (Phi) is 2.85. The summed E-state index contributed by atoms with van der Waals surface area (Å²) in [7, 11) is 0. The number of hydrogen-bond acceptors (Lipinski definition) is 1. The van der Waals surface area contributed by atoms with Gasteiger partial charge in [-0.3, -0.25) is 0 Å². The normalized spacial score (nSPS) is 31.2. The minimum atomic E-state index is 0.754. The van der Waals surface area contributed by atoms with Gasteiger partial charge in [0.1, 0.15) is 0 Å². The zero-order valence-electron chi connectivity index (χ0n) is 9.63. The van der Waals surface area contributed by atoms with E-state index in [1.165, 1.54) is 44.2 Å². The first-order valence-electron chi connectivity index (χ1n) is 6.14. The van der Waals surface area contributed by atoms with Gasteiger partial charge in [-0.05, 0) is 44.4 Å². The second-order valence-corrected chi connectivity index (χ2v) is 5.39. The molecule has 2 heterocycles. The number of rotatable bonds is 3. The summed E-state index contributed by atoms with van der Waals surface area (Å²) in [5, 5.41) is 0. The quantitative estimate of drug-likeness (QED) is 0.662. The molecule has 0 amide bonds. The van der Waals surface area contributed by atoms with Gasteiger partial charge in [0.2, 0.25) is 0 Å². The summed E-state index contributed by atoms with van der Waals surface area (Å²) in [4.78, 5) is 2.66. The molecule has 80 valence electrons. The summed E-state index contributed by atoms with van der Waals surface area (Å²) >= 11 is 0. The lowest BCUT2D eigenvalue weighted by Crippen LogP contribution is -2.38. The van der Waals surface area contributed by atoms with Crippen LogP contribution in [0, 0.1) is 5.92 Å². The number of allylic oxidation sites excluding steroid dienone is 1. The van der Waals surface area contributed by atoms with Crippen LogP contribution in [0.2, 0.25) is 0 Å². The Morgan fingerprint density at radius 2 is 1.79 bits per heavy atom. The zero-order chi connectivity index (χ0) is 10.1. The van der Waals surface area contributed by atoms with Crippen LogP contribution in [0.3, 0.4) is 0 Å². The van der Waals surface area contributed by atoms with E-state index in [2.05, 4.69) is 25.3 Å². The second kappa shape index (κ2) is 3.96. The molecule has 0 saturated carbocycles. The van der Waals surface area contributed by atoms with Crippen molar-refractivity contribution in [3.8, 4) is 0 Å². The Morgan fingerprint density at radius 3 is 2.29 bits per heavy atom. The Labute approximate surface area is 88.2 Å². The summed E-state index contributed by atoms with van der Waals surface area (Å²) in [5.74, 6) is 0.754. The van der Waals surface area contributed by atoms with Crippen molar-refractivity contribution < 1.29 is 0 Å². The topological polar surface area (TPSA) is 3.24 Å². The molecule has 1 nitrogen and oxygen atoms in total. The van der Waals surface area contributed by atoms with Crippen molar-refractivity contribution in [2.24, 2.45) is 5.92 Å². The van der Waals surface area contributed by atoms with Gasteiger partial charge < -0.3 is 4.90 Å². The van der Waals surface area contributed by atoms with Gasteiger partial charge in [0, 0.05) is 17.8 Å². The molecule has 0 spiro atoms. The lowest BCUT2D eigenvalue weighted by atomic mass is 9.99. The van der Waals surface area contributed by atoms with Crippen LogP contribution < -0.4 is 0 Å². The van der Waals surface area contributed by atoms with Crippen LogP contribution in [-0.2, 0) is 0 Å². The lowest BCUT2D eigenvalue weighted by Gasteiger charge is -2.38. The molecule has 2 aliphatic rings. The van der Waals surface area contributed by atoms with Crippen molar-refractivity contribution in [1.82, 2.24) is 4.90 Å². The highest BCUT2D eigenvalue weighted by atomic mass is 15.2. The van der Waals surface area contributed by atoms with Gasteiger partial charge in [0.25, 0.3) is 0 Å². The SMILES string of the molecule is C=C(CC(C)C)N1C2CCCC1CC2. The van der Waals surface area contributed by atoms with E-state index in [0.29, 0.717) is 0 Å². The summed E-state index contributed by atoms with van der Waals surface area (Å²) in [6.07, 6.45) is 8.29.